The van der Waals surface area contributed by atoms with Gasteiger partial charge in [-0.25, -0.2) is 26.2 Å². The van der Waals surface area contributed by atoms with Crippen molar-refractivity contribution in [1.29, 1.82) is 0 Å². The Bertz CT molecular complexity index is 834. The van der Waals surface area contributed by atoms with Crippen molar-refractivity contribution in [2.45, 2.75) is 54.4 Å². The summed E-state index contributed by atoms with van der Waals surface area (Å²) in [5.41, 5.74) is 0. The van der Waals surface area contributed by atoms with E-state index < -0.39 is 0 Å². The molecule has 0 aliphatic carbocycles. The van der Waals surface area contributed by atoms with Crippen LogP contribution in [0.4, 0.5) is 0 Å². The standard InChI is InChI=1S/2C6H12N2S.C5H10N2S/c2*1-6(2)9-7-4-3-5-8-9;1-5(2)8-6-3-4-7-8/h2*3-5H2,1-2H3;3-4H2,1-2H3. The summed E-state index contributed by atoms with van der Waals surface area (Å²) in [6.07, 6.45) is 2.30. The van der Waals surface area contributed by atoms with E-state index in [1.54, 1.807) is 0 Å². The third kappa shape index (κ3) is 9.68. The Hall–Kier alpha value is -0.930. The molecular weight excluding hydrogens is 384 g/mol. The number of nitrogens with zero attached hydrogens (tertiary/aromatic N) is 6. The van der Waals surface area contributed by atoms with E-state index in [0.717, 1.165) is 52.1 Å². The summed E-state index contributed by atoms with van der Waals surface area (Å²) in [7, 11) is -0.0718. The minimum absolute atomic E-state index is 0.0123. The quantitative estimate of drug-likeness (QED) is 0.524. The topological polar surface area (TPSA) is 74.2 Å². The molecule has 6 nitrogen and oxygen atoms in total. The molecule has 0 fully saturated rings. The predicted octanol–water partition coefficient (Wildman–Crippen LogP) is 4.37. The van der Waals surface area contributed by atoms with Gasteiger partial charge in [0.05, 0.1) is 39.3 Å². The normalized spacial score (nSPS) is 18.0. The molecule has 0 radical (unpaired) electrons. The van der Waals surface area contributed by atoms with Gasteiger partial charge in [0.25, 0.3) is 0 Å². The first-order valence-corrected chi connectivity index (χ1v) is 12.5. The van der Waals surface area contributed by atoms with Crippen molar-refractivity contribution < 1.29 is 0 Å². The number of hydrogen-bond acceptors (Lipinski definition) is 6. The van der Waals surface area contributed by atoms with Crippen LogP contribution in [0, 0.1) is 0 Å². The van der Waals surface area contributed by atoms with Crippen LogP contribution in [-0.2, 0) is 30.2 Å². The van der Waals surface area contributed by atoms with Crippen LogP contribution >= 0.6 is 0 Å². The molecule has 0 unspecified atom stereocenters. The summed E-state index contributed by atoms with van der Waals surface area (Å²) in [6.45, 7) is 18.5. The highest BCUT2D eigenvalue weighted by atomic mass is 32.1. The molecule has 0 N–H and O–H groups in total. The average Bonchev–Trinajstić information content (AvgIpc) is 3.19. The van der Waals surface area contributed by atoms with Crippen molar-refractivity contribution >= 4 is 44.8 Å². The summed E-state index contributed by atoms with van der Waals surface area (Å²) in [4.78, 5) is 4.02. The van der Waals surface area contributed by atoms with Gasteiger partial charge in [-0.05, 0) is 84.6 Å². The largest absolute Gasteiger partial charge is 0.224 e. The second-order valence-corrected chi connectivity index (χ2v) is 11.9. The molecule has 3 aliphatic rings. The van der Waals surface area contributed by atoms with E-state index in [0.29, 0.717) is 0 Å². The van der Waals surface area contributed by atoms with E-state index in [-0.39, 0.29) is 30.2 Å². The van der Waals surface area contributed by atoms with Crippen LogP contribution < -0.4 is 0 Å². The van der Waals surface area contributed by atoms with Gasteiger partial charge in [-0.1, -0.05) is 0 Å². The second-order valence-electron chi connectivity index (χ2n) is 6.34. The van der Waals surface area contributed by atoms with Gasteiger partial charge in [0.15, 0.2) is 0 Å². The molecule has 3 aliphatic heterocycles. The third-order valence-electron chi connectivity index (χ3n) is 3.11. The Morgan fingerprint density at radius 3 is 0.846 bits per heavy atom. The van der Waals surface area contributed by atoms with Gasteiger partial charge >= 0.3 is 0 Å². The summed E-state index contributed by atoms with van der Waals surface area (Å²) in [6, 6.07) is 0. The van der Waals surface area contributed by atoms with Gasteiger partial charge in [0.1, 0.15) is 0 Å². The fourth-order valence-electron chi connectivity index (χ4n) is 1.90. The smallest absolute Gasteiger partial charge is 0.0724 e. The van der Waals surface area contributed by atoms with Crippen LogP contribution in [0.2, 0.25) is 0 Å². The molecule has 0 aromatic rings. The van der Waals surface area contributed by atoms with E-state index >= 15 is 0 Å². The molecule has 9 heteroatoms. The highest BCUT2D eigenvalue weighted by Crippen LogP contribution is 1.92. The zero-order chi connectivity index (χ0) is 19.4. The predicted molar refractivity (Wildman–Crippen MR) is 124 cm³/mol. The third-order valence-corrected chi connectivity index (χ3v) is 7.86. The molecule has 0 spiro atoms. The fraction of sp³-hybridized carbons (Fsp3) is 0.824. The van der Waals surface area contributed by atoms with Crippen molar-refractivity contribution in [2.24, 2.45) is 26.2 Å². The fourth-order valence-corrected chi connectivity index (χ4v) is 5.41. The maximum absolute atomic E-state index is 4.35. The minimum Gasteiger partial charge on any atom is -0.224 e. The lowest BCUT2D eigenvalue weighted by molar-refractivity contribution is 0.846. The van der Waals surface area contributed by atoms with E-state index in [1.165, 1.54) is 14.6 Å². The van der Waals surface area contributed by atoms with Crippen molar-refractivity contribution in [3.05, 3.63) is 0 Å². The molecule has 26 heavy (non-hydrogen) atoms. The van der Waals surface area contributed by atoms with Gasteiger partial charge < -0.3 is 0 Å². The first-order valence-electron chi connectivity index (χ1n) is 9.11. The molecule has 0 atom stereocenters. The molecule has 150 valence electrons. The Morgan fingerprint density at radius 2 is 0.654 bits per heavy atom. The number of hydrogen-bond donors (Lipinski definition) is 0. The summed E-state index contributed by atoms with van der Waals surface area (Å²) < 4.78 is 25.9. The van der Waals surface area contributed by atoms with E-state index in [9.17, 15) is 0 Å². The molecular formula is C17H34N6S3. The van der Waals surface area contributed by atoms with Crippen LogP contribution in [-0.4, -0.2) is 53.9 Å². The van der Waals surface area contributed by atoms with Crippen LogP contribution in [0.3, 0.4) is 0 Å². The highest BCUT2D eigenvalue weighted by molar-refractivity contribution is 7.78. The Morgan fingerprint density at radius 1 is 0.423 bits per heavy atom. The Labute approximate surface area is 164 Å². The maximum Gasteiger partial charge on any atom is 0.0724 e. The van der Waals surface area contributed by atoms with Gasteiger partial charge in [-0.15, -0.1) is 0 Å². The summed E-state index contributed by atoms with van der Waals surface area (Å²) >= 11 is 0. The zero-order valence-electron chi connectivity index (χ0n) is 17.1. The Balaban J connectivity index is 0.000000195. The molecule has 3 rings (SSSR count). The van der Waals surface area contributed by atoms with Crippen LogP contribution in [0.1, 0.15) is 54.4 Å². The van der Waals surface area contributed by atoms with E-state index in [2.05, 4.69) is 67.7 Å². The molecule has 3 heterocycles. The maximum atomic E-state index is 4.35. The SMILES string of the molecule is CC(C)=S1=NCCCN=1.CC(C)=S1=NCCCN=1.CC(C)=S1=NCCN=1. The monoisotopic (exact) mass is 418 g/mol. The molecule has 0 aromatic carbocycles. The summed E-state index contributed by atoms with van der Waals surface area (Å²) in [5, 5.41) is 0. The van der Waals surface area contributed by atoms with Crippen LogP contribution in [0.5, 0.6) is 0 Å². The zero-order valence-corrected chi connectivity index (χ0v) is 19.5. The molecule has 0 saturated carbocycles. The first-order chi connectivity index (χ1) is 12.4. The van der Waals surface area contributed by atoms with Crippen molar-refractivity contribution in [1.82, 2.24) is 0 Å². The van der Waals surface area contributed by atoms with Gasteiger partial charge in [0.2, 0.25) is 0 Å². The van der Waals surface area contributed by atoms with Crippen molar-refractivity contribution in [3.8, 4) is 0 Å². The lowest BCUT2D eigenvalue weighted by Gasteiger charge is -1.96. The van der Waals surface area contributed by atoms with E-state index in [1.807, 2.05) is 0 Å². The van der Waals surface area contributed by atoms with Gasteiger partial charge in [-0.3, -0.25) is 0 Å². The highest BCUT2D eigenvalue weighted by Gasteiger charge is 1.89. The van der Waals surface area contributed by atoms with Crippen LogP contribution in [0.15, 0.2) is 26.2 Å². The van der Waals surface area contributed by atoms with Crippen molar-refractivity contribution in [2.75, 3.05) is 39.3 Å². The summed E-state index contributed by atoms with van der Waals surface area (Å²) in [5.74, 6) is 0. The lowest BCUT2D eigenvalue weighted by Crippen LogP contribution is -1.93. The number of rotatable bonds is 0. The van der Waals surface area contributed by atoms with Crippen molar-refractivity contribution in [3.63, 3.8) is 0 Å². The van der Waals surface area contributed by atoms with Gasteiger partial charge in [0, 0.05) is 14.6 Å². The van der Waals surface area contributed by atoms with E-state index in [4.69, 9.17) is 0 Å². The second kappa shape index (κ2) is 13.3. The molecule has 0 bridgehead atoms. The Kier molecular flexibility index (Phi) is 11.8. The average molecular weight is 419 g/mol. The molecule has 0 saturated heterocycles. The van der Waals surface area contributed by atoms with Crippen LogP contribution in [0.25, 0.3) is 0 Å². The van der Waals surface area contributed by atoms with Gasteiger partial charge in [-0.2, -0.15) is 0 Å². The molecule has 0 aromatic heterocycles. The minimum atomic E-state index is -0.0297. The lowest BCUT2D eigenvalue weighted by atomic mass is 10.4. The first kappa shape index (κ1) is 23.1. The molecule has 0 amide bonds.